The van der Waals surface area contributed by atoms with Gasteiger partial charge in [-0.15, -0.1) is 0 Å². The zero-order valence-electron chi connectivity index (χ0n) is 23.3. The van der Waals surface area contributed by atoms with Crippen LogP contribution in [0.3, 0.4) is 0 Å². The highest BCUT2D eigenvalue weighted by Gasteiger charge is 2.40. The molecule has 0 saturated heterocycles. The average molecular weight is 631 g/mol. The number of fused-ring (bicyclic) bond motifs is 1. The molecule has 2 aliphatic rings. The maximum absolute atomic E-state index is 15.4. The number of rotatable bonds is 7. The number of amides is 1. The number of anilines is 1. The van der Waals surface area contributed by atoms with Crippen molar-refractivity contribution in [3.8, 4) is 22.8 Å². The summed E-state index contributed by atoms with van der Waals surface area (Å²) in [5.41, 5.74) is 6.89. The van der Waals surface area contributed by atoms with Crippen LogP contribution in [0.25, 0.3) is 22.8 Å². The Morgan fingerprint density at radius 3 is 2.40 bits per heavy atom. The first-order valence-electron chi connectivity index (χ1n) is 13.3. The summed E-state index contributed by atoms with van der Waals surface area (Å²) in [4.78, 5) is 22.7. The Kier molecular flexibility index (Phi) is 6.78. The lowest BCUT2D eigenvalue weighted by Gasteiger charge is -2.24. The van der Waals surface area contributed by atoms with Crippen LogP contribution in [0.4, 0.5) is 10.1 Å². The van der Waals surface area contributed by atoms with E-state index in [0.717, 1.165) is 31.2 Å². The summed E-state index contributed by atoms with van der Waals surface area (Å²) < 4.78 is 75.2. The highest BCUT2D eigenvalue weighted by Crippen LogP contribution is 2.40. The van der Waals surface area contributed by atoms with E-state index in [2.05, 4.69) is 20.3 Å². The van der Waals surface area contributed by atoms with Gasteiger partial charge in [-0.1, -0.05) is 34.6 Å². The van der Waals surface area contributed by atoms with Gasteiger partial charge >= 0.3 is 0 Å². The maximum Gasteiger partial charge on any atom is 0.247 e. The number of sulfone groups is 2. The van der Waals surface area contributed by atoms with Gasteiger partial charge < -0.3 is 19.7 Å². The van der Waals surface area contributed by atoms with Crippen LogP contribution >= 0.6 is 0 Å². The number of benzene rings is 2. The molecule has 1 atom stereocenters. The van der Waals surface area contributed by atoms with Gasteiger partial charge in [-0.2, -0.15) is 9.97 Å². The Balaban J connectivity index is 1.39. The van der Waals surface area contributed by atoms with Crippen LogP contribution in [0.5, 0.6) is 0 Å². The molecule has 2 N–H and O–H groups in total. The number of nitrogens with two attached hydrogens (primary N) is 1. The molecule has 0 unspecified atom stereocenters. The number of aromatic nitrogens is 4. The molecule has 4 aromatic rings. The summed E-state index contributed by atoms with van der Waals surface area (Å²) in [5, 5.41) is 7.77. The molecule has 0 bridgehead atoms. The van der Waals surface area contributed by atoms with Crippen molar-refractivity contribution in [1.29, 1.82) is 0 Å². The van der Waals surface area contributed by atoms with Gasteiger partial charge in [0, 0.05) is 17.7 Å². The highest BCUT2D eigenvalue weighted by atomic mass is 32.2. The summed E-state index contributed by atoms with van der Waals surface area (Å²) >= 11 is 0. The van der Waals surface area contributed by atoms with Gasteiger partial charge in [0.2, 0.25) is 29.3 Å². The zero-order chi connectivity index (χ0) is 30.9. The largest absolute Gasteiger partial charge is 0.339 e. The molecule has 13 nitrogen and oxygen atoms in total. The first-order valence-corrected chi connectivity index (χ1v) is 16.8. The van der Waals surface area contributed by atoms with Crippen LogP contribution in [0.15, 0.2) is 50.3 Å². The number of hydrogen-bond acceptors (Lipinski definition) is 12. The van der Waals surface area contributed by atoms with Gasteiger partial charge in [0.25, 0.3) is 0 Å². The van der Waals surface area contributed by atoms with Crippen molar-refractivity contribution in [2.24, 2.45) is 5.73 Å². The van der Waals surface area contributed by atoms with E-state index < -0.39 is 52.8 Å². The molecule has 6 rings (SSSR count). The predicted molar refractivity (Wildman–Crippen MR) is 150 cm³/mol. The number of halogens is 1. The van der Waals surface area contributed by atoms with Crippen molar-refractivity contribution in [3.63, 3.8) is 0 Å². The summed E-state index contributed by atoms with van der Waals surface area (Å²) in [6.07, 6.45) is 3.03. The third-order valence-corrected chi connectivity index (χ3v) is 11.5. The number of hydrogen-bond donors (Lipinski definition) is 1. The molecule has 1 aliphatic heterocycles. The molecule has 0 radical (unpaired) electrons. The Bertz CT molecular complexity index is 1970. The summed E-state index contributed by atoms with van der Waals surface area (Å²) in [7, 11) is -7.88. The molecule has 226 valence electrons. The normalized spacial score (nSPS) is 18.9. The molecule has 2 aromatic carbocycles. The smallest absolute Gasteiger partial charge is 0.247 e. The first kappa shape index (κ1) is 29.1. The topological polar surface area (TPSA) is 192 Å². The van der Waals surface area contributed by atoms with E-state index in [1.165, 1.54) is 18.7 Å². The molecule has 2 aromatic heterocycles. The molecular weight excluding hydrogens is 603 g/mol. The van der Waals surface area contributed by atoms with Gasteiger partial charge in [0.15, 0.2) is 19.7 Å². The first-order chi connectivity index (χ1) is 20.2. The van der Waals surface area contributed by atoms with E-state index in [-0.39, 0.29) is 29.5 Å². The minimum Gasteiger partial charge on any atom is -0.339 e. The fourth-order valence-corrected chi connectivity index (χ4v) is 6.55. The highest BCUT2D eigenvalue weighted by molar-refractivity contribution is 7.92. The van der Waals surface area contributed by atoms with Crippen molar-refractivity contribution in [2.45, 2.75) is 54.8 Å². The molecule has 3 heterocycles. The van der Waals surface area contributed by atoms with E-state index >= 15 is 4.39 Å². The predicted octanol–water partition coefficient (Wildman–Crippen LogP) is 2.73. The van der Waals surface area contributed by atoms with Crippen molar-refractivity contribution in [3.05, 3.63) is 59.6 Å². The van der Waals surface area contributed by atoms with Gasteiger partial charge in [-0.3, -0.25) is 4.79 Å². The fraction of sp³-hybridized carbons (Fsp3) is 0.370. The number of nitrogens with zero attached hydrogens (tertiary/aromatic N) is 5. The second-order valence-electron chi connectivity index (χ2n) is 11.2. The molecule has 0 spiro atoms. The van der Waals surface area contributed by atoms with E-state index in [0.29, 0.717) is 28.8 Å². The fourth-order valence-electron chi connectivity index (χ4n) is 4.58. The van der Waals surface area contributed by atoms with Crippen molar-refractivity contribution in [1.82, 2.24) is 20.3 Å². The van der Waals surface area contributed by atoms with Crippen LogP contribution in [0.2, 0.25) is 0 Å². The van der Waals surface area contributed by atoms with Crippen LogP contribution in [-0.4, -0.2) is 61.1 Å². The van der Waals surface area contributed by atoms with Crippen molar-refractivity contribution >= 4 is 31.3 Å². The van der Waals surface area contributed by atoms with Crippen LogP contribution in [-0.2, 0) is 35.8 Å². The second kappa shape index (κ2) is 10.0. The average Bonchev–Trinajstić information content (AvgIpc) is 3.47. The van der Waals surface area contributed by atoms with Gasteiger partial charge in [-0.25, -0.2) is 21.2 Å². The van der Waals surface area contributed by atoms with Gasteiger partial charge in [-0.05, 0) is 44.4 Å². The Hall–Kier alpha value is -4.02. The SMILES string of the molecule is CC(C)(c1nc(-c2cc3c(cc2F)S(=O)(=O)C[C@H](N)C(=O)N3Cc2ccc(-c3noc(C4CC4)n3)cc2)no1)S(C)(=O)=O. The molecule has 43 heavy (non-hydrogen) atoms. The summed E-state index contributed by atoms with van der Waals surface area (Å²) in [6.45, 7) is 2.62. The van der Waals surface area contributed by atoms with Gasteiger partial charge in [0.1, 0.15) is 10.6 Å². The molecule has 1 aliphatic carbocycles. The monoisotopic (exact) mass is 630 g/mol. The van der Waals surface area contributed by atoms with Crippen LogP contribution in [0, 0.1) is 5.82 Å². The minimum absolute atomic E-state index is 0.0986. The third kappa shape index (κ3) is 5.23. The van der Waals surface area contributed by atoms with Crippen molar-refractivity contribution in [2.75, 3.05) is 16.9 Å². The van der Waals surface area contributed by atoms with Crippen LogP contribution < -0.4 is 10.6 Å². The second-order valence-corrected chi connectivity index (χ2v) is 15.8. The molecule has 1 saturated carbocycles. The standard InChI is InChI=1S/C27H27FN6O7S2/c1-27(2,42(3,36)37)26-31-23(33-41-26)17-10-20-21(11-18(17)28)43(38,39)13-19(29)25(35)34(20)12-14-4-6-15(7-5-14)22-30-24(40-32-22)16-8-9-16/h4-7,10-11,16,19H,8-9,12-13,29H2,1-3H3/t19-/m0/s1. The molecule has 1 amide bonds. The summed E-state index contributed by atoms with van der Waals surface area (Å²) in [5.74, 6) is -1.70. The Labute approximate surface area is 246 Å². The van der Waals surface area contributed by atoms with E-state index in [1.807, 2.05) is 0 Å². The maximum atomic E-state index is 15.4. The van der Waals surface area contributed by atoms with E-state index in [4.69, 9.17) is 14.8 Å². The minimum atomic E-state index is -4.19. The Morgan fingerprint density at radius 1 is 1.07 bits per heavy atom. The molecule has 1 fully saturated rings. The number of carbonyl (C=O) groups is 1. The van der Waals surface area contributed by atoms with Crippen molar-refractivity contribution < 1.29 is 35.1 Å². The third-order valence-electron chi connectivity index (χ3n) is 7.69. The summed E-state index contributed by atoms with van der Waals surface area (Å²) in [6, 6.07) is 7.46. The van der Waals surface area contributed by atoms with E-state index in [9.17, 15) is 21.6 Å². The lowest BCUT2D eigenvalue weighted by molar-refractivity contribution is -0.119. The lowest BCUT2D eigenvalue weighted by Crippen LogP contribution is -2.45. The molecular formula is C27H27FN6O7S2. The lowest BCUT2D eigenvalue weighted by atomic mass is 10.1. The van der Waals surface area contributed by atoms with Crippen LogP contribution in [0.1, 0.15) is 50.0 Å². The number of carbonyl (C=O) groups excluding carboxylic acids is 1. The molecule has 16 heteroatoms. The van der Waals surface area contributed by atoms with E-state index in [1.54, 1.807) is 24.3 Å². The Morgan fingerprint density at radius 2 is 1.74 bits per heavy atom. The van der Waals surface area contributed by atoms with Gasteiger partial charge in [0.05, 0.1) is 34.5 Å². The zero-order valence-corrected chi connectivity index (χ0v) is 24.9. The quantitative estimate of drug-likeness (QED) is 0.314.